The summed E-state index contributed by atoms with van der Waals surface area (Å²) in [6.07, 6.45) is 7.20. The van der Waals surface area contributed by atoms with Gasteiger partial charge < -0.3 is 11.1 Å². The SMILES string of the molecule is CC(N)CCCC(=O)Nc1cccnc1-n1cccn1. The van der Waals surface area contributed by atoms with Crippen LogP contribution in [0.25, 0.3) is 5.82 Å². The van der Waals surface area contributed by atoms with E-state index in [0.29, 0.717) is 17.9 Å². The molecule has 3 N–H and O–H groups in total. The van der Waals surface area contributed by atoms with E-state index in [9.17, 15) is 4.79 Å². The summed E-state index contributed by atoms with van der Waals surface area (Å²) in [5.74, 6) is 0.574. The van der Waals surface area contributed by atoms with Crippen molar-refractivity contribution in [3.63, 3.8) is 0 Å². The Hall–Kier alpha value is -2.21. The van der Waals surface area contributed by atoms with Crippen molar-refractivity contribution >= 4 is 11.6 Å². The molecule has 0 bridgehead atoms. The zero-order valence-electron chi connectivity index (χ0n) is 11.5. The molecule has 0 saturated carbocycles. The van der Waals surface area contributed by atoms with Crippen LogP contribution in [-0.4, -0.2) is 26.7 Å². The van der Waals surface area contributed by atoms with Gasteiger partial charge in [-0.3, -0.25) is 4.79 Å². The standard InChI is InChI=1S/C14H19N5O/c1-11(15)5-2-7-13(20)18-12-6-3-8-16-14(12)19-10-4-9-17-19/h3-4,6,8-11H,2,5,7,15H2,1H3,(H,18,20). The fourth-order valence-corrected chi connectivity index (χ4v) is 1.87. The van der Waals surface area contributed by atoms with E-state index in [2.05, 4.69) is 15.4 Å². The van der Waals surface area contributed by atoms with Gasteiger partial charge in [0.15, 0.2) is 5.82 Å². The minimum atomic E-state index is -0.0351. The second-order valence-electron chi connectivity index (χ2n) is 4.74. The van der Waals surface area contributed by atoms with E-state index in [0.717, 1.165) is 12.8 Å². The minimum Gasteiger partial charge on any atom is -0.328 e. The first kappa shape index (κ1) is 14.2. The zero-order valence-corrected chi connectivity index (χ0v) is 11.5. The fourth-order valence-electron chi connectivity index (χ4n) is 1.87. The molecule has 106 valence electrons. The van der Waals surface area contributed by atoms with Gasteiger partial charge in [-0.05, 0) is 38.0 Å². The molecular formula is C14H19N5O. The average molecular weight is 273 g/mol. The molecular weight excluding hydrogens is 254 g/mol. The summed E-state index contributed by atoms with van der Waals surface area (Å²) in [5.41, 5.74) is 6.32. The molecule has 2 heterocycles. The molecule has 1 unspecified atom stereocenters. The first-order chi connectivity index (χ1) is 9.66. The third-order valence-electron chi connectivity index (χ3n) is 2.85. The van der Waals surface area contributed by atoms with Crippen LogP contribution < -0.4 is 11.1 Å². The quantitative estimate of drug-likeness (QED) is 0.839. The van der Waals surface area contributed by atoms with Gasteiger partial charge in [-0.15, -0.1) is 0 Å². The maximum absolute atomic E-state index is 11.9. The second kappa shape index (κ2) is 6.81. The molecule has 0 fully saturated rings. The summed E-state index contributed by atoms with van der Waals surface area (Å²) >= 11 is 0. The number of pyridine rings is 1. The molecule has 0 saturated heterocycles. The van der Waals surface area contributed by atoms with Gasteiger partial charge in [0.25, 0.3) is 0 Å². The van der Waals surface area contributed by atoms with Gasteiger partial charge in [0.1, 0.15) is 0 Å². The Balaban J connectivity index is 2.01. The summed E-state index contributed by atoms with van der Waals surface area (Å²) in [4.78, 5) is 16.2. The van der Waals surface area contributed by atoms with Crippen LogP contribution in [-0.2, 0) is 4.79 Å². The molecule has 0 aliphatic carbocycles. The van der Waals surface area contributed by atoms with Crippen molar-refractivity contribution in [3.8, 4) is 5.82 Å². The Morgan fingerprint density at radius 3 is 3.00 bits per heavy atom. The lowest BCUT2D eigenvalue weighted by atomic mass is 10.1. The van der Waals surface area contributed by atoms with Gasteiger partial charge in [0, 0.05) is 31.1 Å². The van der Waals surface area contributed by atoms with E-state index in [1.807, 2.05) is 19.1 Å². The Morgan fingerprint density at radius 2 is 2.30 bits per heavy atom. The molecule has 2 aromatic heterocycles. The zero-order chi connectivity index (χ0) is 14.4. The first-order valence-corrected chi connectivity index (χ1v) is 6.67. The third kappa shape index (κ3) is 3.89. The van der Waals surface area contributed by atoms with Crippen LogP contribution in [0.1, 0.15) is 26.2 Å². The van der Waals surface area contributed by atoms with E-state index >= 15 is 0 Å². The van der Waals surface area contributed by atoms with Crippen molar-refractivity contribution in [1.29, 1.82) is 0 Å². The normalized spacial score (nSPS) is 12.1. The smallest absolute Gasteiger partial charge is 0.224 e. The lowest BCUT2D eigenvalue weighted by Gasteiger charge is -2.10. The molecule has 0 aliphatic heterocycles. The van der Waals surface area contributed by atoms with Gasteiger partial charge >= 0.3 is 0 Å². The monoisotopic (exact) mass is 273 g/mol. The van der Waals surface area contributed by atoms with Crippen LogP contribution in [0.2, 0.25) is 0 Å². The first-order valence-electron chi connectivity index (χ1n) is 6.67. The van der Waals surface area contributed by atoms with E-state index in [4.69, 9.17) is 5.73 Å². The van der Waals surface area contributed by atoms with Gasteiger partial charge in [0.2, 0.25) is 5.91 Å². The highest BCUT2D eigenvalue weighted by Gasteiger charge is 2.09. The highest BCUT2D eigenvalue weighted by atomic mass is 16.1. The van der Waals surface area contributed by atoms with E-state index in [1.165, 1.54) is 0 Å². The van der Waals surface area contributed by atoms with Crippen molar-refractivity contribution in [2.75, 3.05) is 5.32 Å². The number of hydrogen-bond acceptors (Lipinski definition) is 4. The van der Waals surface area contributed by atoms with Crippen molar-refractivity contribution in [3.05, 3.63) is 36.8 Å². The molecule has 0 radical (unpaired) electrons. The lowest BCUT2D eigenvalue weighted by molar-refractivity contribution is -0.116. The molecule has 2 aromatic rings. The Labute approximate surface area is 118 Å². The number of hydrogen-bond donors (Lipinski definition) is 2. The number of nitrogens with two attached hydrogens (primary N) is 1. The number of nitrogens with one attached hydrogen (secondary N) is 1. The Bertz CT molecular complexity index is 550. The summed E-state index contributed by atoms with van der Waals surface area (Å²) in [5, 5.41) is 7.00. The highest BCUT2D eigenvalue weighted by molar-refractivity contribution is 5.92. The Kier molecular flexibility index (Phi) is 4.84. The molecule has 2 rings (SSSR count). The summed E-state index contributed by atoms with van der Waals surface area (Å²) in [6.45, 7) is 1.94. The topological polar surface area (TPSA) is 85.8 Å². The molecule has 20 heavy (non-hydrogen) atoms. The third-order valence-corrected chi connectivity index (χ3v) is 2.85. The van der Waals surface area contributed by atoms with Crippen LogP contribution in [0.15, 0.2) is 36.8 Å². The van der Waals surface area contributed by atoms with Crippen LogP contribution in [0.5, 0.6) is 0 Å². The molecule has 6 nitrogen and oxygen atoms in total. The van der Waals surface area contributed by atoms with Crippen LogP contribution >= 0.6 is 0 Å². The van der Waals surface area contributed by atoms with Crippen LogP contribution in [0.4, 0.5) is 5.69 Å². The van der Waals surface area contributed by atoms with Crippen molar-refractivity contribution in [2.24, 2.45) is 5.73 Å². The number of aromatic nitrogens is 3. The van der Waals surface area contributed by atoms with E-state index in [1.54, 1.807) is 29.3 Å². The van der Waals surface area contributed by atoms with Crippen molar-refractivity contribution < 1.29 is 4.79 Å². The minimum absolute atomic E-state index is 0.0351. The number of amides is 1. The maximum Gasteiger partial charge on any atom is 0.224 e. The van der Waals surface area contributed by atoms with E-state index in [-0.39, 0.29) is 11.9 Å². The maximum atomic E-state index is 11.9. The highest BCUT2D eigenvalue weighted by Crippen LogP contribution is 2.16. The summed E-state index contributed by atoms with van der Waals surface area (Å²) in [7, 11) is 0. The van der Waals surface area contributed by atoms with E-state index < -0.39 is 0 Å². The van der Waals surface area contributed by atoms with Crippen molar-refractivity contribution in [2.45, 2.75) is 32.2 Å². The van der Waals surface area contributed by atoms with Gasteiger partial charge in [-0.25, -0.2) is 9.67 Å². The molecule has 1 amide bonds. The number of carbonyl (C=O) groups excluding carboxylic acids is 1. The molecule has 0 aliphatic rings. The fraction of sp³-hybridized carbons (Fsp3) is 0.357. The molecule has 6 heteroatoms. The van der Waals surface area contributed by atoms with Crippen LogP contribution in [0, 0.1) is 0 Å². The summed E-state index contributed by atoms with van der Waals surface area (Å²) < 4.78 is 1.62. The van der Waals surface area contributed by atoms with Gasteiger partial charge in [-0.2, -0.15) is 5.10 Å². The molecule has 1 atom stereocenters. The van der Waals surface area contributed by atoms with Gasteiger partial charge in [0.05, 0.1) is 5.69 Å². The van der Waals surface area contributed by atoms with Crippen molar-refractivity contribution in [1.82, 2.24) is 14.8 Å². The average Bonchev–Trinajstić information content (AvgIpc) is 2.92. The molecule has 0 aromatic carbocycles. The lowest BCUT2D eigenvalue weighted by Crippen LogP contribution is -2.17. The number of rotatable bonds is 6. The summed E-state index contributed by atoms with van der Waals surface area (Å²) in [6, 6.07) is 5.53. The second-order valence-corrected chi connectivity index (χ2v) is 4.74. The predicted molar refractivity (Wildman–Crippen MR) is 77.5 cm³/mol. The largest absolute Gasteiger partial charge is 0.328 e. The number of anilines is 1. The molecule has 0 spiro atoms. The van der Waals surface area contributed by atoms with Crippen LogP contribution in [0.3, 0.4) is 0 Å². The number of nitrogens with zero attached hydrogens (tertiary/aromatic N) is 3. The van der Waals surface area contributed by atoms with Gasteiger partial charge in [-0.1, -0.05) is 0 Å². The Morgan fingerprint density at radius 1 is 1.45 bits per heavy atom. The predicted octanol–water partition coefficient (Wildman–Crippen LogP) is 1.72. The number of carbonyl (C=O) groups is 1.